The third kappa shape index (κ3) is 4.68. The first kappa shape index (κ1) is 20.2. The number of anilines is 1. The first-order valence-corrected chi connectivity index (χ1v) is 9.24. The predicted octanol–water partition coefficient (Wildman–Crippen LogP) is 2.28. The highest BCUT2D eigenvalue weighted by Gasteiger charge is 2.25. The van der Waals surface area contributed by atoms with Crippen molar-refractivity contribution < 1.29 is 23.8 Å². The van der Waals surface area contributed by atoms with E-state index in [-0.39, 0.29) is 17.8 Å². The second-order valence-electron chi connectivity index (χ2n) is 6.29. The van der Waals surface area contributed by atoms with Crippen molar-refractivity contribution in [1.82, 2.24) is 15.2 Å². The lowest BCUT2D eigenvalue weighted by molar-refractivity contribution is 0.0728. The Kier molecular flexibility index (Phi) is 6.38. The molecule has 154 valence electrons. The fourth-order valence-corrected chi connectivity index (χ4v) is 3.01. The molecule has 0 saturated carbocycles. The van der Waals surface area contributed by atoms with Gasteiger partial charge in [-0.2, -0.15) is 4.98 Å². The van der Waals surface area contributed by atoms with Gasteiger partial charge in [0.1, 0.15) is 17.9 Å². The van der Waals surface area contributed by atoms with Crippen LogP contribution in [0.1, 0.15) is 22.8 Å². The molecule has 1 aromatic heterocycles. The van der Waals surface area contributed by atoms with Crippen molar-refractivity contribution in [3.8, 4) is 17.5 Å². The van der Waals surface area contributed by atoms with Gasteiger partial charge in [0.15, 0.2) is 0 Å². The van der Waals surface area contributed by atoms with Crippen molar-refractivity contribution in [3.05, 3.63) is 41.5 Å². The number of carbonyl (C=O) groups excluding carboxylic acids is 2. The summed E-state index contributed by atoms with van der Waals surface area (Å²) in [5.74, 6) is 1.02. The molecule has 0 saturated heterocycles. The quantitative estimate of drug-likeness (QED) is 0.798. The minimum Gasteiger partial charge on any atom is -0.491 e. The average molecular weight is 400 g/mol. The van der Waals surface area contributed by atoms with Crippen LogP contribution in [0.4, 0.5) is 10.5 Å². The Labute approximate surface area is 169 Å². The molecule has 9 heteroatoms. The minimum atomic E-state index is -0.288. The smallest absolute Gasteiger partial charge is 0.319 e. The van der Waals surface area contributed by atoms with Crippen molar-refractivity contribution in [2.45, 2.75) is 13.5 Å². The number of carbonyl (C=O) groups is 2. The lowest BCUT2D eigenvalue weighted by Crippen LogP contribution is -2.33. The molecular formula is C20H24N4O5. The summed E-state index contributed by atoms with van der Waals surface area (Å²) >= 11 is 0. The summed E-state index contributed by atoms with van der Waals surface area (Å²) in [5.41, 5.74) is 1.76. The number of rotatable bonds is 5. The Bertz CT molecular complexity index is 902. The number of urea groups is 1. The van der Waals surface area contributed by atoms with Crippen LogP contribution in [-0.4, -0.2) is 55.7 Å². The molecule has 1 aliphatic heterocycles. The Hall–Kier alpha value is -3.49. The molecule has 0 atom stereocenters. The molecule has 0 bridgehead atoms. The number of fused-ring (bicyclic) bond motifs is 1. The largest absolute Gasteiger partial charge is 0.491 e. The molecule has 1 aromatic carbocycles. The Morgan fingerprint density at radius 3 is 2.76 bits per heavy atom. The van der Waals surface area contributed by atoms with Crippen molar-refractivity contribution in [2.24, 2.45) is 0 Å². The lowest BCUT2D eigenvalue weighted by Gasteiger charge is -2.21. The molecule has 2 N–H and O–H groups in total. The zero-order valence-electron chi connectivity index (χ0n) is 16.7. The van der Waals surface area contributed by atoms with Gasteiger partial charge in [-0.05, 0) is 31.2 Å². The number of pyridine rings is 1. The Balaban J connectivity index is 1.83. The van der Waals surface area contributed by atoms with Gasteiger partial charge in [-0.3, -0.25) is 4.79 Å². The third-order valence-corrected chi connectivity index (χ3v) is 4.39. The van der Waals surface area contributed by atoms with Crippen molar-refractivity contribution in [2.75, 3.05) is 39.2 Å². The van der Waals surface area contributed by atoms with E-state index < -0.39 is 0 Å². The topological polar surface area (TPSA) is 102 Å². The molecule has 29 heavy (non-hydrogen) atoms. The van der Waals surface area contributed by atoms with Gasteiger partial charge in [0, 0.05) is 30.4 Å². The van der Waals surface area contributed by atoms with E-state index >= 15 is 0 Å². The standard InChI is InChI=1S/C20H24N4O5/c1-4-21-20(26)22-14-5-7-16-13(11-14)12-24(9-10-29-16)19(25)15-6-8-17(27-2)23-18(15)28-3/h5-8,11H,4,9-10,12H2,1-3H3,(H2,21,22,26). The number of amides is 3. The van der Waals surface area contributed by atoms with Crippen LogP contribution in [0.5, 0.6) is 17.5 Å². The van der Waals surface area contributed by atoms with Crippen LogP contribution in [0.25, 0.3) is 0 Å². The van der Waals surface area contributed by atoms with E-state index in [0.717, 1.165) is 5.56 Å². The number of methoxy groups -OCH3 is 2. The molecule has 2 aromatic rings. The lowest BCUT2D eigenvalue weighted by atomic mass is 10.1. The van der Waals surface area contributed by atoms with Crippen LogP contribution in [0.3, 0.4) is 0 Å². The normalized spacial score (nSPS) is 12.9. The van der Waals surface area contributed by atoms with Crippen LogP contribution in [0.2, 0.25) is 0 Å². The highest BCUT2D eigenvalue weighted by molar-refractivity contribution is 5.96. The van der Waals surface area contributed by atoms with E-state index in [1.807, 2.05) is 6.92 Å². The van der Waals surface area contributed by atoms with E-state index in [9.17, 15) is 9.59 Å². The van der Waals surface area contributed by atoms with Gasteiger partial charge in [-0.15, -0.1) is 0 Å². The number of ether oxygens (including phenoxy) is 3. The van der Waals surface area contributed by atoms with E-state index in [1.165, 1.54) is 14.2 Å². The fraction of sp³-hybridized carbons (Fsp3) is 0.350. The molecule has 3 amide bonds. The van der Waals surface area contributed by atoms with Crippen molar-refractivity contribution >= 4 is 17.6 Å². The predicted molar refractivity (Wildman–Crippen MR) is 107 cm³/mol. The fourth-order valence-electron chi connectivity index (χ4n) is 3.01. The Morgan fingerprint density at radius 2 is 2.03 bits per heavy atom. The maximum atomic E-state index is 13.1. The van der Waals surface area contributed by atoms with Gasteiger partial charge in [0.2, 0.25) is 11.8 Å². The van der Waals surface area contributed by atoms with Gasteiger partial charge in [-0.1, -0.05) is 0 Å². The monoisotopic (exact) mass is 400 g/mol. The number of aromatic nitrogens is 1. The molecule has 3 rings (SSSR count). The minimum absolute atomic E-state index is 0.200. The van der Waals surface area contributed by atoms with Gasteiger partial charge in [-0.25, -0.2) is 4.79 Å². The van der Waals surface area contributed by atoms with Gasteiger partial charge in [0.05, 0.1) is 20.8 Å². The number of nitrogens with one attached hydrogen (secondary N) is 2. The molecule has 0 fully saturated rings. The van der Waals surface area contributed by atoms with Crippen LogP contribution >= 0.6 is 0 Å². The molecule has 0 radical (unpaired) electrons. The van der Waals surface area contributed by atoms with E-state index in [2.05, 4.69) is 15.6 Å². The number of benzene rings is 1. The number of hydrogen-bond donors (Lipinski definition) is 2. The second kappa shape index (κ2) is 9.13. The summed E-state index contributed by atoms with van der Waals surface area (Å²) < 4.78 is 16.1. The molecule has 0 spiro atoms. The van der Waals surface area contributed by atoms with E-state index in [0.29, 0.717) is 49.1 Å². The van der Waals surface area contributed by atoms with E-state index in [4.69, 9.17) is 14.2 Å². The highest BCUT2D eigenvalue weighted by atomic mass is 16.5. The third-order valence-electron chi connectivity index (χ3n) is 4.39. The van der Waals surface area contributed by atoms with Crippen molar-refractivity contribution in [1.29, 1.82) is 0 Å². The summed E-state index contributed by atoms with van der Waals surface area (Å²) in [5, 5.41) is 5.45. The first-order chi connectivity index (χ1) is 14.0. The molecule has 0 unspecified atom stereocenters. The second-order valence-corrected chi connectivity index (χ2v) is 6.29. The van der Waals surface area contributed by atoms with Crippen molar-refractivity contribution in [3.63, 3.8) is 0 Å². The molecule has 9 nitrogen and oxygen atoms in total. The van der Waals surface area contributed by atoms with Gasteiger partial charge in [0.25, 0.3) is 5.91 Å². The maximum absolute atomic E-state index is 13.1. The van der Waals surface area contributed by atoms with Gasteiger partial charge >= 0.3 is 6.03 Å². The summed E-state index contributed by atoms with van der Waals surface area (Å²) in [7, 11) is 2.96. The molecule has 0 aliphatic carbocycles. The molecule has 2 heterocycles. The summed E-state index contributed by atoms with van der Waals surface area (Å²) in [6, 6.07) is 8.32. The Morgan fingerprint density at radius 1 is 1.21 bits per heavy atom. The average Bonchev–Trinajstić information content (AvgIpc) is 2.95. The molecule has 1 aliphatic rings. The van der Waals surface area contributed by atoms with E-state index in [1.54, 1.807) is 35.2 Å². The zero-order chi connectivity index (χ0) is 20.8. The van der Waals surface area contributed by atoms with Crippen LogP contribution in [-0.2, 0) is 6.54 Å². The maximum Gasteiger partial charge on any atom is 0.319 e. The van der Waals surface area contributed by atoms with Crippen LogP contribution < -0.4 is 24.8 Å². The SMILES string of the molecule is CCNC(=O)Nc1ccc2c(c1)CN(C(=O)c1ccc(OC)nc1OC)CCO2. The van der Waals surface area contributed by atoms with Gasteiger partial charge < -0.3 is 29.7 Å². The summed E-state index contributed by atoms with van der Waals surface area (Å²) in [4.78, 5) is 30.7. The number of nitrogens with zero attached hydrogens (tertiary/aromatic N) is 2. The summed E-state index contributed by atoms with van der Waals surface area (Å²) in [6.07, 6.45) is 0. The first-order valence-electron chi connectivity index (χ1n) is 9.24. The zero-order valence-corrected chi connectivity index (χ0v) is 16.7. The number of hydrogen-bond acceptors (Lipinski definition) is 6. The highest BCUT2D eigenvalue weighted by Crippen LogP contribution is 2.28. The molecular weight excluding hydrogens is 376 g/mol. The van der Waals surface area contributed by atoms with Crippen LogP contribution in [0.15, 0.2) is 30.3 Å². The summed E-state index contributed by atoms with van der Waals surface area (Å²) in [6.45, 7) is 3.46. The van der Waals surface area contributed by atoms with Crippen LogP contribution in [0, 0.1) is 0 Å².